The highest BCUT2D eigenvalue weighted by molar-refractivity contribution is 5.69. The van der Waals surface area contributed by atoms with E-state index in [0.29, 0.717) is 12.0 Å². The third-order valence-corrected chi connectivity index (χ3v) is 2.76. The summed E-state index contributed by atoms with van der Waals surface area (Å²) in [6.07, 6.45) is 2.63. The molecule has 0 atom stereocenters. The van der Waals surface area contributed by atoms with E-state index in [-0.39, 0.29) is 0 Å². The van der Waals surface area contributed by atoms with Crippen molar-refractivity contribution in [2.24, 2.45) is 0 Å². The first-order valence-electron chi connectivity index (χ1n) is 5.72. The minimum atomic E-state index is 0.318. The number of hydrogen-bond donors (Lipinski definition) is 1. The third-order valence-electron chi connectivity index (χ3n) is 2.76. The Morgan fingerprint density at radius 2 is 2.18 bits per heavy atom. The van der Waals surface area contributed by atoms with Gasteiger partial charge < -0.3 is 15.0 Å². The van der Waals surface area contributed by atoms with Crippen LogP contribution in [-0.2, 0) is 0 Å². The Kier molecular flexibility index (Phi) is 2.28. The minimum Gasteiger partial charge on any atom is -0.490 e. The molecule has 0 aliphatic heterocycles. The van der Waals surface area contributed by atoms with Crippen LogP contribution in [0.25, 0.3) is 11.3 Å². The van der Waals surface area contributed by atoms with Gasteiger partial charge in [-0.2, -0.15) is 0 Å². The van der Waals surface area contributed by atoms with Crippen molar-refractivity contribution >= 4 is 5.88 Å². The highest BCUT2D eigenvalue weighted by Crippen LogP contribution is 2.35. The molecule has 88 valence electrons. The largest absolute Gasteiger partial charge is 0.490 e. The molecule has 0 radical (unpaired) electrons. The summed E-state index contributed by atoms with van der Waals surface area (Å²) >= 11 is 0. The number of rotatable bonds is 3. The lowest BCUT2D eigenvalue weighted by molar-refractivity contribution is 0.304. The van der Waals surface area contributed by atoms with Gasteiger partial charge in [0.05, 0.1) is 6.10 Å². The highest BCUT2D eigenvalue weighted by atomic mass is 16.5. The lowest BCUT2D eigenvalue weighted by atomic mass is 10.1. The highest BCUT2D eigenvalue weighted by Gasteiger charge is 2.25. The molecule has 1 saturated carbocycles. The zero-order valence-electron chi connectivity index (χ0n) is 9.64. The molecule has 4 heteroatoms. The van der Waals surface area contributed by atoms with Gasteiger partial charge in [0.15, 0.2) is 0 Å². The number of aromatic nitrogens is 1. The van der Waals surface area contributed by atoms with Crippen LogP contribution in [0.1, 0.15) is 18.4 Å². The molecule has 0 saturated heterocycles. The molecule has 3 rings (SSSR count). The Labute approximate surface area is 99.4 Å². The van der Waals surface area contributed by atoms with Crippen molar-refractivity contribution in [2.45, 2.75) is 25.9 Å². The fraction of sp³-hybridized carbons (Fsp3) is 0.308. The van der Waals surface area contributed by atoms with E-state index in [1.54, 1.807) is 6.07 Å². The van der Waals surface area contributed by atoms with Crippen LogP contribution in [0.3, 0.4) is 0 Å². The van der Waals surface area contributed by atoms with Crippen LogP contribution in [0.5, 0.6) is 5.75 Å². The van der Waals surface area contributed by atoms with Gasteiger partial charge in [-0.3, -0.25) is 0 Å². The summed E-state index contributed by atoms with van der Waals surface area (Å²) in [6, 6.07) is 7.77. The smallest absolute Gasteiger partial charge is 0.222 e. The Morgan fingerprint density at radius 1 is 1.35 bits per heavy atom. The number of benzene rings is 1. The SMILES string of the molecule is Cc1ccc(OC2CC2)c(-c2cc(N)on2)c1. The van der Waals surface area contributed by atoms with Gasteiger partial charge in [-0.15, -0.1) is 0 Å². The van der Waals surface area contributed by atoms with Crippen LogP contribution in [0.15, 0.2) is 28.8 Å². The van der Waals surface area contributed by atoms with Gasteiger partial charge in [0.1, 0.15) is 11.4 Å². The van der Waals surface area contributed by atoms with Crippen molar-refractivity contribution in [1.82, 2.24) is 5.16 Å². The standard InChI is InChI=1S/C13H14N2O2/c1-8-2-5-12(16-9-3-4-9)10(6-8)11-7-13(14)17-15-11/h2,5-7,9H,3-4,14H2,1H3. The Bertz CT molecular complexity index is 544. The van der Waals surface area contributed by atoms with Crippen LogP contribution in [0.2, 0.25) is 0 Å². The van der Waals surface area contributed by atoms with E-state index in [1.165, 1.54) is 0 Å². The average Bonchev–Trinajstić information content (AvgIpc) is 3.01. The summed E-state index contributed by atoms with van der Waals surface area (Å²) in [4.78, 5) is 0. The minimum absolute atomic E-state index is 0.318. The van der Waals surface area contributed by atoms with Gasteiger partial charge in [-0.05, 0) is 31.9 Å². The first-order chi connectivity index (χ1) is 8.22. The third kappa shape index (κ3) is 2.11. The molecule has 0 spiro atoms. The first-order valence-corrected chi connectivity index (χ1v) is 5.72. The molecule has 0 amide bonds. The second kappa shape index (κ2) is 3.80. The number of nitrogen functional groups attached to an aromatic ring is 1. The summed E-state index contributed by atoms with van der Waals surface area (Å²) in [5, 5.41) is 3.94. The Hall–Kier alpha value is -1.97. The molecule has 2 N–H and O–H groups in total. The monoisotopic (exact) mass is 230 g/mol. The number of ether oxygens (including phenoxy) is 1. The molecule has 1 aromatic carbocycles. The molecule has 4 nitrogen and oxygen atoms in total. The van der Waals surface area contributed by atoms with E-state index >= 15 is 0 Å². The Balaban J connectivity index is 2.02. The van der Waals surface area contributed by atoms with E-state index in [4.69, 9.17) is 15.0 Å². The van der Waals surface area contributed by atoms with Crippen LogP contribution < -0.4 is 10.5 Å². The fourth-order valence-electron chi connectivity index (χ4n) is 1.73. The molecule has 1 aromatic heterocycles. The molecule has 1 heterocycles. The second-order valence-corrected chi connectivity index (χ2v) is 4.43. The molecular formula is C13H14N2O2. The lowest BCUT2D eigenvalue weighted by Gasteiger charge is -2.09. The van der Waals surface area contributed by atoms with Crippen LogP contribution in [0, 0.1) is 6.92 Å². The van der Waals surface area contributed by atoms with E-state index in [2.05, 4.69) is 5.16 Å². The van der Waals surface area contributed by atoms with Crippen molar-refractivity contribution in [3.8, 4) is 17.0 Å². The number of hydrogen-bond acceptors (Lipinski definition) is 4. The zero-order chi connectivity index (χ0) is 11.8. The maximum Gasteiger partial charge on any atom is 0.222 e. The van der Waals surface area contributed by atoms with Gasteiger partial charge in [0, 0.05) is 11.6 Å². The van der Waals surface area contributed by atoms with Crippen molar-refractivity contribution in [1.29, 1.82) is 0 Å². The first kappa shape index (κ1) is 10.2. The predicted molar refractivity (Wildman–Crippen MR) is 64.7 cm³/mol. The van der Waals surface area contributed by atoms with Crippen LogP contribution in [-0.4, -0.2) is 11.3 Å². The zero-order valence-corrected chi connectivity index (χ0v) is 9.64. The molecule has 0 bridgehead atoms. The molecular weight excluding hydrogens is 216 g/mol. The quantitative estimate of drug-likeness (QED) is 0.880. The topological polar surface area (TPSA) is 61.3 Å². The average molecular weight is 230 g/mol. The summed E-state index contributed by atoms with van der Waals surface area (Å²) in [6.45, 7) is 2.04. The van der Waals surface area contributed by atoms with E-state index in [1.807, 2.05) is 25.1 Å². The van der Waals surface area contributed by atoms with E-state index < -0.39 is 0 Å². The summed E-state index contributed by atoms with van der Waals surface area (Å²) in [5.41, 5.74) is 8.37. The van der Waals surface area contributed by atoms with Gasteiger partial charge in [0.25, 0.3) is 0 Å². The summed E-state index contributed by atoms with van der Waals surface area (Å²) < 4.78 is 10.8. The molecule has 17 heavy (non-hydrogen) atoms. The summed E-state index contributed by atoms with van der Waals surface area (Å²) in [5.74, 6) is 1.17. The van der Waals surface area contributed by atoms with Gasteiger partial charge in [-0.1, -0.05) is 16.8 Å². The second-order valence-electron chi connectivity index (χ2n) is 4.43. The van der Waals surface area contributed by atoms with Crippen molar-refractivity contribution < 1.29 is 9.26 Å². The molecule has 1 aliphatic carbocycles. The maximum atomic E-state index is 5.85. The molecule has 1 fully saturated rings. The molecule has 0 unspecified atom stereocenters. The normalized spacial score (nSPS) is 14.9. The van der Waals surface area contributed by atoms with Crippen LogP contribution >= 0.6 is 0 Å². The van der Waals surface area contributed by atoms with Crippen molar-refractivity contribution in [3.63, 3.8) is 0 Å². The molecule has 1 aliphatic rings. The Morgan fingerprint density at radius 3 is 2.82 bits per heavy atom. The predicted octanol–water partition coefficient (Wildman–Crippen LogP) is 2.77. The van der Waals surface area contributed by atoms with E-state index in [9.17, 15) is 0 Å². The fourth-order valence-corrected chi connectivity index (χ4v) is 1.73. The number of nitrogens with zero attached hydrogens (tertiary/aromatic N) is 1. The number of nitrogens with two attached hydrogens (primary N) is 1. The molecule has 2 aromatic rings. The number of aryl methyl sites for hydroxylation is 1. The maximum absolute atomic E-state index is 5.85. The number of anilines is 1. The van der Waals surface area contributed by atoms with Gasteiger partial charge in [-0.25, -0.2) is 0 Å². The van der Waals surface area contributed by atoms with E-state index in [0.717, 1.165) is 35.4 Å². The van der Waals surface area contributed by atoms with Crippen LogP contribution in [0.4, 0.5) is 5.88 Å². The summed E-state index contributed by atoms with van der Waals surface area (Å²) in [7, 11) is 0. The van der Waals surface area contributed by atoms with Crippen molar-refractivity contribution in [2.75, 3.05) is 5.73 Å². The van der Waals surface area contributed by atoms with Gasteiger partial charge >= 0.3 is 0 Å². The lowest BCUT2D eigenvalue weighted by Crippen LogP contribution is -1.98. The van der Waals surface area contributed by atoms with Gasteiger partial charge in [0.2, 0.25) is 5.88 Å². The van der Waals surface area contributed by atoms with Crippen molar-refractivity contribution in [3.05, 3.63) is 29.8 Å².